The molecule has 4 unspecified atom stereocenters. The molecule has 0 bridgehead atoms. The highest BCUT2D eigenvalue weighted by atomic mass is 16.4. The topological polar surface area (TPSA) is 102 Å². The average molecular weight is 204 g/mol. The van der Waals surface area contributed by atoms with Crippen LogP contribution in [0.25, 0.3) is 0 Å². The number of aliphatic hydroxyl groups is 3. The normalized spacial score (nSPS) is 38.9. The second kappa shape index (κ2) is 4.70. The van der Waals surface area contributed by atoms with Crippen molar-refractivity contribution in [2.24, 2.45) is 0 Å². The van der Waals surface area contributed by atoms with Gasteiger partial charge in [0.2, 0.25) is 5.91 Å². The summed E-state index contributed by atoms with van der Waals surface area (Å²) in [5.41, 5.74) is 0. The van der Waals surface area contributed by atoms with Gasteiger partial charge in [0.05, 0.1) is 6.10 Å². The Morgan fingerprint density at radius 3 is 2.57 bits per heavy atom. The molecule has 0 saturated carbocycles. The molecule has 6 nitrogen and oxygen atoms in total. The van der Waals surface area contributed by atoms with Crippen LogP contribution in [0.4, 0.5) is 0 Å². The van der Waals surface area contributed by atoms with Crippen molar-refractivity contribution in [1.29, 1.82) is 0 Å². The molecular formula is C8H16N2O4. The van der Waals surface area contributed by atoms with Gasteiger partial charge in [-0.3, -0.25) is 10.1 Å². The molecule has 1 aliphatic rings. The van der Waals surface area contributed by atoms with Crippen molar-refractivity contribution < 1.29 is 20.1 Å². The summed E-state index contributed by atoms with van der Waals surface area (Å²) in [6, 6.07) is 0. The highest BCUT2D eigenvalue weighted by Gasteiger charge is 2.34. The van der Waals surface area contributed by atoms with E-state index in [1.54, 1.807) is 0 Å². The lowest BCUT2D eigenvalue weighted by atomic mass is 10.1. The van der Waals surface area contributed by atoms with Crippen molar-refractivity contribution in [1.82, 2.24) is 10.6 Å². The minimum absolute atomic E-state index is 0.301. The molecule has 1 fully saturated rings. The number of carbonyl (C=O) groups excluding carboxylic acids is 1. The van der Waals surface area contributed by atoms with E-state index < -0.39 is 24.5 Å². The monoisotopic (exact) mass is 204 g/mol. The number of amides is 1. The number of carbonyl (C=O) groups is 1. The minimum atomic E-state index is -1.23. The van der Waals surface area contributed by atoms with E-state index in [1.807, 2.05) is 0 Å². The average Bonchev–Trinajstić information content (AvgIpc) is 2.21. The standard InChI is InChI=1S/C8H16N2O4/c1-4(11)10-8-7(14)6(13)5(12)2-3-9-8/h5-9,12-14H,2-3H2,1H3,(H,10,11). The van der Waals surface area contributed by atoms with Crippen LogP contribution >= 0.6 is 0 Å². The summed E-state index contributed by atoms with van der Waals surface area (Å²) in [6.45, 7) is 1.75. The fourth-order valence-corrected chi connectivity index (χ4v) is 1.46. The molecule has 5 N–H and O–H groups in total. The summed E-state index contributed by atoms with van der Waals surface area (Å²) in [4.78, 5) is 10.8. The highest BCUT2D eigenvalue weighted by Crippen LogP contribution is 2.10. The molecule has 82 valence electrons. The number of rotatable bonds is 1. The Balaban J connectivity index is 2.62. The molecule has 1 amide bonds. The Labute approximate surface area is 81.9 Å². The summed E-state index contributed by atoms with van der Waals surface area (Å²) in [6.07, 6.45) is -3.76. The first-order chi connectivity index (χ1) is 6.52. The zero-order valence-electron chi connectivity index (χ0n) is 7.97. The van der Waals surface area contributed by atoms with Crippen LogP contribution in [0.1, 0.15) is 13.3 Å². The summed E-state index contributed by atoms with van der Waals surface area (Å²) in [7, 11) is 0. The van der Waals surface area contributed by atoms with Gasteiger partial charge in [0, 0.05) is 6.92 Å². The predicted molar refractivity (Wildman–Crippen MR) is 48.2 cm³/mol. The van der Waals surface area contributed by atoms with Crippen molar-refractivity contribution in [3.05, 3.63) is 0 Å². The molecule has 0 spiro atoms. The van der Waals surface area contributed by atoms with Crippen molar-refractivity contribution in [3.8, 4) is 0 Å². The van der Waals surface area contributed by atoms with Crippen LogP contribution < -0.4 is 10.6 Å². The number of nitrogens with one attached hydrogen (secondary N) is 2. The van der Waals surface area contributed by atoms with Gasteiger partial charge >= 0.3 is 0 Å². The molecule has 0 aromatic carbocycles. The molecule has 0 aliphatic carbocycles. The molecular weight excluding hydrogens is 188 g/mol. The predicted octanol–water partition coefficient (Wildman–Crippen LogP) is -2.48. The lowest BCUT2D eigenvalue weighted by molar-refractivity contribution is -0.122. The van der Waals surface area contributed by atoms with E-state index in [0.29, 0.717) is 13.0 Å². The van der Waals surface area contributed by atoms with E-state index in [2.05, 4.69) is 10.6 Å². The van der Waals surface area contributed by atoms with Crippen LogP contribution in [0.15, 0.2) is 0 Å². The van der Waals surface area contributed by atoms with Gasteiger partial charge < -0.3 is 20.6 Å². The van der Waals surface area contributed by atoms with E-state index in [4.69, 9.17) is 0 Å². The summed E-state index contributed by atoms with van der Waals surface area (Å²) in [5.74, 6) is -0.301. The fourth-order valence-electron chi connectivity index (χ4n) is 1.46. The van der Waals surface area contributed by atoms with Gasteiger partial charge in [-0.2, -0.15) is 0 Å². The molecule has 4 atom stereocenters. The summed E-state index contributed by atoms with van der Waals surface area (Å²) < 4.78 is 0. The second-order valence-corrected chi connectivity index (χ2v) is 3.47. The maximum Gasteiger partial charge on any atom is 0.218 e. The third kappa shape index (κ3) is 2.65. The van der Waals surface area contributed by atoms with E-state index in [9.17, 15) is 20.1 Å². The first-order valence-electron chi connectivity index (χ1n) is 4.57. The molecule has 1 rings (SSSR count). The van der Waals surface area contributed by atoms with Gasteiger partial charge in [-0.05, 0) is 13.0 Å². The van der Waals surface area contributed by atoms with Gasteiger partial charge in [0.1, 0.15) is 18.4 Å². The molecule has 6 heteroatoms. The van der Waals surface area contributed by atoms with Crippen LogP contribution in [0.2, 0.25) is 0 Å². The highest BCUT2D eigenvalue weighted by molar-refractivity contribution is 5.73. The van der Waals surface area contributed by atoms with Gasteiger partial charge in [0.15, 0.2) is 0 Å². The van der Waals surface area contributed by atoms with Crippen LogP contribution in [-0.4, -0.2) is 52.2 Å². The van der Waals surface area contributed by atoms with Gasteiger partial charge in [-0.25, -0.2) is 0 Å². The van der Waals surface area contributed by atoms with Crippen molar-refractivity contribution in [2.45, 2.75) is 37.8 Å². The molecule has 1 saturated heterocycles. The Hall–Kier alpha value is -0.690. The lowest BCUT2D eigenvalue weighted by Gasteiger charge is -2.26. The van der Waals surface area contributed by atoms with Crippen molar-refractivity contribution >= 4 is 5.91 Å². The number of hydrogen-bond donors (Lipinski definition) is 5. The maximum absolute atomic E-state index is 10.8. The van der Waals surface area contributed by atoms with Crippen LogP contribution in [0.3, 0.4) is 0 Å². The van der Waals surface area contributed by atoms with E-state index in [-0.39, 0.29) is 5.91 Å². The molecule has 14 heavy (non-hydrogen) atoms. The SMILES string of the molecule is CC(=O)NC1NCCC(O)C(O)C1O. The molecule has 0 aromatic rings. The Bertz CT molecular complexity index is 212. The van der Waals surface area contributed by atoms with Gasteiger partial charge in [-0.15, -0.1) is 0 Å². The van der Waals surface area contributed by atoms with Gasteiger partial charge in [-0.1, -0.05) is 0 Å². The van der Waals surface area contributed by atoms with Crippen LogP contribution in [-0.2, 0) is 4.79 Å². The van der Waals surface area contributed by atoms with Crippen molar-refractivity contribution in [3.63, 3.8) is 0 Å². The Morgan fingerprint density at radius 1 is 1.36 bits per heavy atom. The third-order valence-electron chi connectivity index (χ3n) is 2.25. The quantitative estimate of drug-likeness (QED) is 0.326. The first-order valence-corrected chi connectivity index (χ1v) is 4.57. The Kier molecular flexibility index (Phi) is 3.82. The summed E-state index contributed by atoms with van der Waals surface area (Å²) in [5, 5.41) is 33.6. The third-order valence-corrected chi connectivity index (χ3v) is 2.25. The van der Waals surface area contributed by atoms with Crippen molar-refractivity contribution in [2.75, 3.05) is 6.54 Å². The Morgan fingerprint density at radius 2 is 2.00 bits per heavy atom. The van der Waals surface area contributed by atoms with Crippen LogP contribution in [0.5, 0.6) is 0 Å². The van der Waals surface area contributed by atoms with E-state index >= 15 is 0 Å². The zero-order valence-corrected chi connectivity index (χ0v) is 7.97. The molecule has 0 aromatic heterocycles. The number of hydrogen-bond acceptors (Lipinski definition) is 5. The van der Waals surface area contributed by atoms with E-state index in [0.717, 1.165) is 0 Å². The van der Waals surface area contributed by atoms with Crippen LogP contribution in [0, 0.1) is 0 Å². The first kappa shape index (κ1) is 11.4. The second-order valence-electron chi connectivity index (χ2n) is 3.47. The fraction of sp³-hybridized carbons (Fsp3) is 0.875. The van der Waals surface area contributed by atoms with E-state index in [1.165, 1.54) is 6.92 Å². The minimum Gasteiger partial charge on any atom is -0.390 e. The molecule has 0 radical (unpaired) electrons. The zero-order chi connectivity index (χ0) is 10.7. The molecule has 1 aliphatic heterocycles. The van der Waals surface area contributed by atoms with Gasteiger partial charge in [0.25, 0.3) is 0 Å². The lowest BCUT2D eigenvalue weighted by Crippen LogP contribution is -2.55. The largest absolute Gasteiger partial charge is 0.390 e. The summed E-state index contributed by atoms with van der Waals surface area (Å²) >= 11 is 0. The molecule has 1 heterocycles. The smallest absolute Gasteiger partial charge is 0.218 e. The maximum atomic E-state index is 10.8. The number of aliphatic hydroxyl groups excluding tert-OH is 3.